The lowest BCUT2D eigenvalue weighted by molar-refractivity contribution is 0.0743. The van der Waals surface area contributed by atoms with Crippen molar-refractivity contribution in [2.45, 2.75) is 12.6 Å². The van der Waals surface area contributed by atoms with Crippen molar-refractivity contribution in [3.8, 4) is 23.0 Å². The molecule has 0 aliphatic rings. The number of likely N-dealkylation sites (N-methyl/N-ethyl adjacent to an activating group) is 2. The molecule has 2 aromatic carbocycles. The first-order chi connectivity index (χ1) is 14.4. The SMILES string of the molecule is COc1ccc(OCC(O)CN(C)Cc2ccc(OCCN(C)C)c(OC)c2)cc1. The van der Waals surface area contributed by atoms with Crippen LogP contribution in [0.1, 0.15) is 5.56 Å². The van der Waals surface area contributed by atoms with Gasteiger partial charge in [-0.05, 0) is 63.1 Å². The highest BCUT2D eigenvalue weighted by atomic mass is 16.5. The molecule has 166 valence electrons. The van der Waals surface area contributed by atoms with Crippen LogP contribution in [0.3, 0.4) is 0 Å². The number of benzene rings is 2. The predicted octanol–water partition coefficient (Wildman–Crippen LogP) is 2.52. The summed E-state index contributed by atoms with van der Waals surface area (Å²) in [4.78, 5) is 4.11. The van der Waals surface area contributed by atoms with Crippen LogP contribution in [0, 0.1) is 0 Å². The molecule has 7 nitrogen and oxygen atoms in total. The van der Waals surface area contributed by atoms with Gasteiger partial charge in [-0.1, -0.05) is 6.07 Å². The normalized spacial score (nSPS) is 12.1. The number of ether oxygens (including phenoxy) is 4. The summed E-state index contributed by atoms with van der Waals surface area (Å²) in [6, 6.07) is 13.2. The van der Waals surface area contributed by atoms with E-state index in [9.17, 15) is 5.11 Å². The fraction of sp³-hybridized carbons (Fsp3) is 0.478. The molecule has 0 heterocycles. The van der Waals surface area contributed by atoms with E-state index in [2.05, 4.69) is 4.90 Å². The van der Waals surface area contributed by atoms with Crippen molar-refractivity contribution < 1.29 is 24.1 Å². The molecule has 0 aromatic heterocycles. The first kappa shape index (κ1) is 23.8. The van der Waals surface area contributed by atoms with Gasteiger partial charge in [0.25, 0.3) is 0 Å². The van der Waals surface area contributed by atoms with Crippen LogP contribution in [0.5, 0.6) is 23.0 Å². The highest BCUT2D eigenvalue weighted by molar-refractivity contribution is 5.43. The van der Waals surface area contributed by atoms with Gasteiger partial charge in [-0.25, -0.2) is 0 Å². The minimum atomic E-state index is -0.604. The molecule has 0 amide bonds. The van der Waals surface area contributed by atoms with Gasteiger partial charge >= 0.3 is 0 Å². The summed E-state index contributed by atoms with van der Waals surface area (Å²) in [5.74, 6) is 2.92. The zero-order chi connectivity index (χ0) is 21.9. The maximum atomic E-state index is 10.3. The zero-order valence-corrected chi connectivity index (χ0v) is 18.6. The highest BCUT2D eigenvalue weighted by Gasteiger charge is 2.12. The molecule has 0 saturated heterocycles. The molecule has 1 atom stereocenters. The summed E-state index contributed by atoms with van der Waals surface area (Å²) in [5.41, 5.74) is 1.08. The fourth-order valence-electron chi connectivity index (χ4n) is 2.92. The van der Waals surface area contributed by atoms with E-state index in [0.717, 1.165) is 23.6 Å². The summed E-state index contributed by atoms with van der Waals surface area (Å²) in [5, 5.41) is 10.3. The maximum absolute atomic E-state index is 10.3. The van der Waals surface area contributed by atoms with Gasteiger partial charge in [0, 0.05) is 19.6 Å². The predicted molar refractivity (Wildman–Crippen MR) is 118 cm³/mol. The lowest BCUT2D eigenvalue weighted by atomic mass is 10.2. The Balaban J connectivity index is 1.81. The van der Waals surface area contributed by atoms with Gasteiger partial charge in [-0.15, -0.1) is 0 Å². The second kappa shape index (κ2) is 12.3. The van der Waals surface area contributed by atoms with Gasteiger partial charge in [-0.3, -0.25) is 4.90 Å². The number of aliphatic hydroxyl groups is 1. The van der Waals surface area contributed by atoms with E-state index in [0.29, 0.717) is 31.2 Å². The largest absolute Gasteiger partial charge is 0.497 e. The van der Waals surface area contributed by atoms with Crippen molar-refractivity contribution in [3.05, 3.63) is 48.0 Å². The third-order valence-corrected chi connectivity index (χ3v) is 4.50. The number of aliphatic hydroxyl groups excluding tert-OH is 1. The molecular weight excluding hydrogens is 384 g/mol. The number of rotatable bonds is 13. The first-order valence-corrected chi connectivity index (χ1v) is 9.99. The van der Waals surface area contributed by atoms with E-state index in [1.165, 1.54) is 0 Å². The standard InChI is InChI=1S/C23H34N2O5/c1-24(2)12-13-29-22-11-6-18(14-23(22)28-5)15-25(3)16-19(26)17-30-21-9-7-20(27-4)8-10-21/h6-11,14,19,26H,12-13,15-17H2,1-5H3. The van der Waals surface area contributed by atoms with Gasteiger partial charge < -0.3 is 29.0 Å². The van der Waals surface area contributed by atoms with Crippen LogP contribution in [-0.4, -0.2) is 82.7 Å². The van der Waals surface area contributed by atoms with Gasteiger partial charge in [0.05, 0.1) is 14.2 Å². The van der Waals surface area contributed by atoms with Gasteiger partial charge in [0.1, 0.15) is 30.8 Å². The van der Waals surface area contributed by atoms with Crippen LogP contribution in [0.15, 0.2) is 42.5 Å². The van der Waals surface area contributed by atoms with Crippen LogP contribution in [0.25, 0.3) is 0 Å². The molecule has 30 heavy (non-hydrogen) atoms. The third-order valence-electron chi connectivity index (χ3n) is 4.50. The van der Waals surface area contributed by atoms with E-state index >= 15 is 0 Å². The van der Waals surface area contributed by atoms with Gasteiger partial charge in [0.15, 0.2) is 11.5 Å². The van der Waals surface area contributed by atoms with E-state index in [1.807, 2.05) is 68.5 Å². The smallest absolute Gasteiger partial charge is 0.161 e. The van der Waals surface area contributed by atoms with Crippen molar-refractivity contribution in [1.82, 2.24) is 9.80 Å². The van der Waals surface area contributed by atoms with Crippen LogP contribution < -0.4 is 18.9 Å². The quantitative estimate of drug-likeness (QED) is 0.536. The molecule has 0 fully saturated rings. The number of methoxy groups -OCH3 is 2. The Hall–Kier alpha value is -2.48. The van der Waals surface area contributed by atoms with Crippen molar-refractivity contribution in [3.63, 3.8) is 0 Å². The molecule has 0 aliphatic carbocycles. The van der Waals surface area contributed by atoms with E-state index in [1.54, 1.807) is 14.2 Å². The molecule has 0 saturated carbocycles. The summed E-state index contributed by atoms with van der Waals surface area (Å²) in [6.07, 6.45) is -0.604. The fourth-order valence-corrected chi connectivity index (χ4v) is 2.92. The average molecular weight is 419 g/mol. The van der Waals surface area contributed by atoms with Crippen molar-refractivity contribution >= 4 is 0 Å². The van der Waals surface area contributed by atoms with Gasteiger partial charge in [0.2, 0.25) is 0 Å². The van der Waals surface area contributed by atoms with Crippen LogP contribution in [-0.2, 0) is 6.54 Å². The second-order valence-electron chi connectivity index (χ2n) is 7.47. The summed E-state index contributed by atoms with van der Waals surface area (Å²) < 4.78 is 22.1. The van der Waals surface area contributed by atoms with Crippen molar-refractivity contribution in [1.29, 1.82) is 0 Å². The highest BCUT2D eigenvalue weighted by Crippen LogP contribution is 2.28. The lowest BCUT2D eigenvalue weighted by Crippen LogP contribution is -2.32. The monoisotopic (exact) mass is 418 g/mol. The molecular formula is C23H34N2O5. The number of hydrogen-bond acceptors (Lipinski definition) is 7. The lowest BCUT2D eigenvalue weighted by Gasteiger charge is -2.21. The molecule has 1 unspecified atom stereocenters. The molecule has 1 N–H and O–H groups in total. The Bertz CT molecular complexity index is 752. The molecule has 2 rings (SSSR count). The summed E-state index contributed by atoms with van der Waals surface area (Å²) >= 11 is 0. The number of nitrogens with zero attached hydrogens (tertiary/aromatic N) is 2. The van der Waals surface area contributed by atoms with Crippen LogP contribution >= 0.6 is 0 Å². The molecule has 0 aliphatic heterocycles. The van der Waals surface area contributed by atoms with E-state index in [-0.39, 0.29) is 6.61 Å². The summed E-state index contributed by atoms with van der Waals surface area (Å²) in [6.45, 7) is 2.82. The Morgan fingerprint density at radius 1 is 0.867 bits per heavy atom. The Morgan fingerprint density at radius 3 is 2.20 bits per heavy atom. The molecule has 2 aromatic rings. The van der Waals surface area contributed by atoms with Crippen molar-refractivity contribution in [2.24, 2.45) is 0 Å². The van der Waals surface area contributed by atoms with E-state index in [4.69, 9.17) is 18.9 Å². The topological polar surface area (TPSA) is 63.6 Å². The summed E-state index contributed by atoms with van der Waals surface area (Å²) in [7, 11) is 9.25. The van der Waals surface area contributed by atoms with Gasteiger partial charge in [-0.2, -0.15) is 0 Å². The maximum Gasteiger partial charge on any atom is 0.161 e. The second-order valence-corrected chi connectivity index (χ2v) is 7.47. The molecule has 0 radical (unpaired) electrons. The minimum absolute atomic E-state index is 0.221. The third kappa shape index (κ3) is 8.10. The zero-order valence-electron chi connectivity index (χ0n) is 18.6. The Kier molecular flexibility index (Phi) is 9.73. The molecule has 0 spiro atoms. The Labute approximate surface area is 179 Å². The minimum Gasteiger partial charge on any atom is -0.497 e. The van der Waals surface area contributed by atoms with Crippen LogP contribution in [0.4, 0.5) is 0 Å². The number of hydrogen-bond donors (Lipinski definition) is 1. The Morgan fingerprint density at radius 2 is 1.57 bits per heavy atom. The van der Waals surface area contributed by atoms with E-state index < -0.39 is 6.10 Å². The van der Waals surface area contributed by atoms with Crippen molar-refractivity contribution in [2.75, 3.05) is 61.7 Å². The first-order valence-electron chi connectivity index (χ1n) is 9.99. The molecule has 7 heteroatoms. The average Bonchev–Trinajstić information content (AvgIpc) is 2.73. The molecule has 0 bridgehead atoms. The van der Waals surface area contributed by atoms with Crippen LogP contribution in [0.2, 0.25) is 0 Å².